The van der Waals surface area contributed by atoms with Crippen LogP contribution in [0.15, 0.2) is 23.3 Å². The van der Waals surface area contributed by atoms with Gasteiger partial charge in [-0.3, -0.25) is 0 Å². The monoisotopic (exact) mass is 334 g/mol. The maximum atomic E-state index is 2.60. The van der Waals surface area contributed by atoms with Crippen LogP contribution >= 0.6 is 0 Å². The molecule has 0 aromatic carbocycles. The summed E-state index contributed by atoms with van der Waals surface area (Å²) in [5, 5.41) is 0. The van der Waals surface area contributed by atoms with Gasteiger partial charge < -0.3 is 0 Å². The van der Waals surface area contributed by atoms with Crippen LogP contribution in [0.1, 0.15) is 130 Å². The van der Waals surface area contributed by atoms with Gasteiger partial charge in [-0.25, -0.2) is 0 Å². The maximum absolute atomic E-state index is 2.60. The number of hydrogen-bond donors (Lipinski definition) is 0. The molecule has 0 radical (unpaired) electrons. The van der Waals surface area contributed by atoms with Gasteiger partial charge in [-0.15, -0.1) is 0 Å². The molecular weight excluding hydrogens is 288 g/mol. The second-order valence-corrected chi connectivity index (χ2v) is 7.36. The maximum Gasteiger partial charge on any atom is -0.0279 e. The molecule has 0 heteroatoms. The topological polar surface area (TPSA) is 0 Å². The van der Waals surface area contributed by atoms with Gasteiger partial charge in [0.25, 0.3) is 0 Å². The molecule has 0 aromatic heterocycles. The molecule has 0 amide bonds. The zero-order valence-electron chi connectivity index (χ0n) is 17.5. The third-order valence-electron chi connectivity index (χ3n) is 4.91. The van der Waals surface area contributed by atoms with Gasteiger partial charge in [0.05, 0.1) is 0 Å². The Labute approximate surface area is 154 Å². The molecule has 0 atom stereocenters. The molecule has 0 bridgehead atoms. The third kappa shape index (κ3) is 13.9. The van der Waals surface area contributed by atoms with Crippen LogP contribution < -0.4 is 0 Å². The van der Waals surface area contributed by atoms with E-state index in [1.165, 1.54) is 103 Å². The minimum Gasteiger partial charge on any atom is -0.0811 e. The van der Waals surface area contributed by atoms with E-state index in [-0.39, 0.29) is 0 Å². The first kappa shape index (κ1) is 23.5. The lowest BCUT2D eigenvalue weighted by molar-refractivity contribution is 0.677. The van der Waals surface area contributed by atoms with Crippen molar-refractivity contribution in [2.45, 2.75) is 130 Å². The highest BCUT2D eigenvalue weighted by atomic mass is 14.1. The minimum absolute atomic E-state index is 1.29. The normalized spacial score (nSPS) is 12.8. The summed E-state index contributed by atoms with van der Waals surface area (Å²) in [6, 6.07) is 0. The van der Waals surface area contributed by atoms with Crippen molar-refractivity contribution < 1.29 is 0 Å². The van der Waals surface area contributed by atoms with Gasteiger partial charge in [-0.05, 0) is 62.5 Å². The van der Waals surface area contributed by atoms with Crippen molar-refractivity contribution in [2.24, 2.45) is 0 Å². The largest absolute Gasteiger partial charge is 0.0811 e. The summed E-state index contributed by atoms with van der Waals surface area (Å²) in [6.45, 7) is 9.23. The highest BCUT2D eigenvalue weighted by molar-refractivity contribution is 5.31. The predicted octanol–water partition coefficient (Wildman–Crippen LogP) is 9.16. The fourth-order valence-corrected chi connectivity index (χ4v) is 3.26. The summed E-state index contributed by atoms with van der Waals surface area (Å²) < 4.78 is 0. The molecule has 142 valence electrons. The van der Waals surface area contributed by atoms with E-state index in [2.05, 4.69) is 39.8 Å². The van der Waals surface area contributed by atoms with Gasteiger partial charge in [-0.1, -0.05) is 91.2 Å². The summed E-state index contributed by atoms with van der Waals surface area (Å²) in [7, 11) is 0. The molecule has 0 aliphatic heterocycles. The quantitative estimate of drug-likeness (QED) is 0.184. The van der Waals surface area contributed by atoms with E-state index in [1.54, 1.807) is 11.1 Å². The van der Waals surface area contributed by atoms with Crippen LogP contribution in [0.5, 0.6) is 0 Å². The van der Waals surface area contributed by atoms with Crippen molar-refractivity contribution >= 4 is 0 Å². The minimum atomic E-state index is 1.29. The molecule has 0 spiro atoms. The van der Waals surface area contributed by atoms with E-state index in [0.29, 0.717) is 0 Å². The lowest BCUT2D eigenvalue weighted by Gasteiger charge is -2.14. The average Bonchev–Trinajstić information content (AvgIpc) is 2.59. The number of hydrogen-bond acceptors (Lipinski definition) is 0. The summed E-state index contributed by atoms with van der Waals surface area (Å²) in [5.74, 6) is 0. The number of rotatable bonds is 17. The van der Waals surface area contributed by atoms with E-state index in [1.807, 2.05) is 0 Å². The van der Waals surface area contributed by atoms with E-state index < -0.39 is 0 Å². The smallest absolute Gasteiger partial charge is 0.0279 e. The zero-order valence-corrected chi connectivity index (χ0v) is 17.5. The van der Waals surface area contributed by atoms with Crippen LogP contribution in [0.2, 0.25) is 0 Å². The number of allylic oxidation sites excluding steroid dienone is 4. The summed E-state index contributed by atoms with van der Waals surface area (Å²) in [6.07, 6.45) is 26.7. The van der Waals surface area contributed by atoms with Crippen molar-refractivity contribution in [3.8, 4) is 0 Å². The Morgan fingerprint density at radius 3 is 1.12 bits per heavy atom. The van der Waals surface area contributed by atoms with Crippen molar-refractivity contribution in [1.29, 1.82) is 0 Å². The molecule has 0 nitrogen and oxygen atoms in total. The SMILES string of the molecule is CCCCCC=C(CCCCC)C(=CCCCCC)CCCCC. The lowest BCUT2D eigenvalue weighted by Crippen LogP contribution is -1.94. The Kier molecular flexibility index (Phi) is 18.4. The van der Waals surface area contributed by atoms with Crippen molar-refractivity contribution in [3.63, 3.8) is 0 Å². The average molecular weight is 335 g/mol. The lowest BCUT2D eigenvalue weighted by atomic mass is 9.92. The highest BCUT2D eigenvalue weighted by Gasteiger charge is 2.06. The standard InChI is InChI=1S/C24H46/c1-5-9-13-17-21-23(19-15-11-7-3)24(20-16-12-8-4)22-18-14-10-6-2/h21-22H,5-20H2,1-4H3. The van der Waals surface area contributed by atoms with Crippen molar-refractivity contribution in [3.05, 3.63) is 23.3 Å². The van der Waals surface area contributed by atoms with Crippen LogP contribution in [-0.4, -0.2) is 0 Å². The fourth-order valence-electron chi connectivity index (χ4n) is 3.26. The summed E-state index contributed by atoms with van der Waals surface area (Å²) in [4.78, 5) is 0. The van der Waals surface area contributed by atoms with Crippen molar-refractivity contribution in [1.82, 2.24) is 0 Å². The van der Waals surface area contributed by atoms with E-state index in [0.717, 1.165) is 0 Å². The molecule has 24 heavy (non-hydrogen) atoms. The molecule has 0 saturated heterocycles. The van der Waals surface area contributed by atoms with Crippen LogP contribution in [0.25, 0.3) is 0 Å². The Balaban J connectivity index is 4.82. The number of unbranched alkanes of at least 4 members (excludes halogenated alkanes) is 10. The second kappa shape index (κ2) is 18.8. The Hall–Kier alpha value is -0.520. The van der Waals surface area contributed by atoms with Crippen LogP contribution in [0, 0.1) is 0 Å². The molecule has 0 fully saturated rings. The van der Waals surface area contributed by atoms with E-state index in [4.69, 9.17) is 0 Å². The zero-order chi connectivity index (χ0) is 17.9. The highest BCUT2D eigenvalue weighted by Crippen LogP contribution is 2.25. The Bertz CT molecular complexity index is 276. The molecule has 0 saturated carbocycles. The first-order chi connectivity index (χ1) is 11.8. The molecule has 0 aliphatic carbocycles. The molecule has 0 aromatic rings. The van der Waals surface area contributed by atoms with Gasteiger partial charge in [0.2, 0.25) is 0 Å². The Morgan fingerprint density at radius 1 is 0.458 bits per heavy atom. The second-order valence-electron chi connectivity index (χ2n) is 7.36. The molecule has 0 rings (SSSR count). The van der Waals surface area contributed by atoms with E-state index in [9.17, 15) is 0 Å². The van der Waals surface area contributed by atoms with Crippen LogP contribution in [0.4, 0.5) is 0 Å². The molecule has 0 aliphatic rings. The van der Waals surface area contributed by atoms with Crippen molar-refractivity contribution in [2.75, 3.05) is 0 Å². The van der Waals surface area contributed by atoms with Gasteiger partial charge in [-0.2, -0.15) is 0 Å². The molecule has 0 unspecified atom stereocenters. The van der Waals surface area contributed by atoms with Crippen LogP contribution in [0.3, 0.4) is 0 Å². The van der Waals surface area contributed by atoms with Crippen LogP contribution in [-0.2, 0) is 0 Å². The van der Waals surface area contributed by atoms with E-state index >= 15 is 0 Å². The van der Waals surface area contributed by atoms with Gasteiger partial charge >= 0.3 is 0 Å². The summed E-state index contributed by atoms with van der Waals surface area (Å²) >= 11 is 0. The first-order valence-corrected chi connectivity index (χ1v) is 11.2. The molecular formula is C24H46. The predicted molar refractivity (Wildman–Crippen MR) is 113 cm³/mol. The third-order valence-corrected chi connectivity index (χ3v) is 4.91. The molecule has 0 heterocycles. The van der Waals surface area contributed by atoms with Gasteiger partial charge in [0, 0.05) is 0 Å². The van der Waals surface area contributed by atoms with Gasteiger partial charge in [0.1, 0.15) is 0 Å². The fraction of sp³-hybridized carbons (Fsp3) is 0.833. The Morgan fingerprint density at radius 2 is 0.792 bits per heavy atom. The summed E-state index contributed by atoms with van der Waals surface area (Å²) in [5.41, 5.74) is 3.40. The van der Waals surface area contributed by atoms with Gasteiger partial charge in [0.15, 0.2) is 0 Å². The molecule has 0 N–H and O–H groups in total. The first-order valence-electron chi connectivity index (χ1n) is 11.2.